The minimum atomic E-state index is -0.598. The Morgan fingerprint density at radius 1 is 1.08 bits per heavy atom. The molecule has 0 unspecified atom stereocenters. The minimum absolute atomic E-state index is 0.0410. The molecule has 1 fully saturated rings. The smallest absolute Gasteiger partial charge is 0.268 e. The van der Waals surface area contributed by atoms with Crippen LogP contribution in [0.25, 0.3) is 0 Å². The van der Waals surface area contributed by atoms with Gasteiger partial charge in [-0.3, -0.25) is 14.6 Å². The van der Waals surface area contributed by atoms with Gasteiger partial charge >= 0.3 is 0 Å². The topological polar surface area (TPSA) is 92.4 Å². The first-order chi connectivity index (χ1) is 12.1. The van der Waals surface area contributed by atoms with E-state index in [0.29, 0.717) is 37.6 Å². The molecule has 1 aromatic carbocycles. The van der Waals surface area contributed by atoms with E-state index in [2.05, 4.69) is 16.9 Å². The van der Waals surface area contributed by atoms with Crippen molar-refractivity contribution < 1.29 is 9.59 Å². The molecule has 3 rings (SSSR count). The van der Waals surface area contributed by atoms with Gasteiger partial charge in [0.15, 0.2) is 0 Å². The molecule has 2 amide bonds. The molecule has 2 aromatic rings. The van der Waals surface area contributed by atoms with Crippen molar-refractivity contribution in [1.82, 2.24) is 14.9 Å². The van der Waals surface area contributed by atoms with Crippen LogP contribution in [0.2, 0.25) is 0 Å². The maximum Gasteiger partial charge on any atom is 0.268 e. The van der Waals surface area contributed by atoms with Crippen molar-refractivity contribution in [3.05, 3.63) is 53.5 Å². The van der Waals surface area contributed by atoms with Gasteiger partial charge in [0.05, 0.1) is 12.4 Å². The molecular formula is C18H21N5O2. The average Bonchev–Trinajstić information content (AvgIpc) is 2.67. The Morgan fingerprint density at radius 2 is 1.76 bits per heavy atom. The third kappa shape index (κ3) is 3.76. The highest BCUT2D eigenvalue weighted by Crippen LogP contribution is 2.15. The number of hydrogen-bond acceptors (Lipinski definition) is 5. The molecular weight excluding hydrogens is 318 g/mol. The lowest BCUT2D eigenvalue weighted by Gasteiger charge is -2.35. The van der Waals surface area contributed by atoms with Crippen LogP contribution in [0.3, 0.4) is 0 Å². The summed E-state index contributed by atoms with van der Waals surface area (Å²) in [5.41, 5.74) is 7.32. The Morgan fingerprint density at radius 3 is 2.36 bits per heavy atom. The first-order valence-electron chi connectivity index (χ1n) is 8.33. The average molecular weight is 339 g/mol. The van der Waals surface area contributed by atoms with Gasteiger partial charge in [0.2, 0.25) is 0 Å². The standard InChI is InChI=1S/C18H21N5O2/c1-2-13-3-5-14(6-4-13)18(25)23-9-7-22(8-10-23)16-12-20-11-15(21-16)17(19)24/h3-6,11-12H,2,7-10H2,1H3,(H2,19,24). The van der Waals surface area contributed by atoms with Crippen LogP contribution in [0.15, 0.2) is 36.7 Å². The number of aryl methyl sites for hydroxylation is 1. The lowest BCUT2D eigenvalue weighted by molar-refractivity contribution is 0.0746. The summed E-state index contributed by atoms with van der Waals surface area (Å²) in [6.45, 7) is 4.55. The van der Waals surface area contributed by atoms with E-state index in [9.17, 15) is 9.59 Å². The molecule has 0 bridgehead atoms. The van der Waals surface area contributed by atoms with Crippen molar-refractivity contribution in [2.24, 2.45) is 5.73 Å². The van der Waals surface area contributed by atoms with Crippen LogP contribution in [0.5, 0.6) is 0 Å². The van der Waals surface area contributed by atoms with Crippen LogP contribution in [0.4, 0.5) is 5.82 Å². The van der Waals surface area contributed by atoms with Gasteiger partial charge in [-0.1, -0.05) is 19.1 Å². The molecule has 0 atom stereocenters. The predicted molar refractivity (Wildman–Crippen MR) is 94.5 cm³/mol. The van der Waals surface area contributed by atoms with Gasteiger partial charge in [-0.25, -0.2) is 4.98 Å². The molecule has 0 radical (unpaired) electrons. The molecule has 0 saturated carbocycles. The second-order valence-corrected chi connectivity index (χ2v) is 5.96. The normalized spacial score (nSPS) is 14.4. The number of piperazine rings is 1. The fourth-order valence-corrected chi connectivity index (χ4v) is 2.83. The highest BCUT2D eigenvalue weighted by Gasteiger charge is 2.23. The Kier molecular flexibility index (Phi) is 4.92. The Labute approximate surface area is 146 Å². The quantitative estimate of drug-likeness (QED) is 0.900. The van der Waals surface area contributed by atoms with Crippen molar-refractivity contribution in [3.63, 3.8) is 0 Å². The second kappa shape index (κ2) is 7.29. The van der Waals surface area contributed by atoms with E-state index in [1.54, 1.807) is 6.20 Å². The zero-order chi connectivity index (χ0) is 17.8. The van der Waals surface area contributed by atoms with Gasteiger partial charge in [-0.05, 0) is 24.1 Å². The minimum Gasteiger partial charge on any atom is -0.364 e. The number of nitrogens with zero attached hydrogens (tertiary/aromatic N) is 4. The molecule has 0 spiro atoms. The molecule has 130 valence electrons. The molecule has 7 nitrogen and oxygen atoms in total. The van der Waals surface area contributed by atoms with Gasteiger partial charge in [-0.2, -0.15) is 0 Å². The number of amides is 2. The van der Waals surface area contributed by atoms with Crippen molar-refractivity contribution >= 4 is 17.6 Å². The second-order valence-electron chi connectivity index (χ2n) is 5.96. The van der Waals surface area contributed by atoms with Gasteiger partial charge < -0.3 is 15.5 Å². The number of hydrogen-bond donors (Lipinski definition) is 1. The number of benzene rings is 1. The third-order valence-corrected chi connectivity index (χ3v) is 4.37. The van der Waals surface area contributed by atoms with Gasteiger partial charge in [-0.15, -0.1) is 0 Å². The van der Waals surface area contributed by atoms with Crippen LogP contribution in [0, 0.1) is 0 Å². The van der Waals surface area contributed by atoms with E-state index >= 15 is 0 Å². The largest absolute Gasteiger partial charge is 0.364 e. The van der Waals surface area contributed by atoms with Gasteiger partial charge in [0.25, 0.3) is 11.8 Å². The lowest BCUT2D eigenvalue weighted by atomic mass is 10.1. The highest BCUT2D eigenvalue weighted by atomic mass is 16.2. The summed E-state index contributed by atoms with van der Waals surface area (Å²) in [7, 11) is 0. The zero-order valence-electron chi connectivity index (χ0n) is 14.2. The van der Waals surface area contributed by atoms with E-state index in [-0.39, 0.29) is 11.6 Å². The molecule has 1 saturated heterocycles. The van der Waals surface area contributed by atoms with Gasteiger partial charge in [0, 0.05) is 31.7 Å². The molecule has 2 N–H and O–H groups in total. The molecule has 1 aliphatic rings. The van der Waals surface area contributed by atoms with Crippen molar-refractivity contribution in [2.75, 3.05) is 31.1 Å². The first-order valence-corrected chi connectivity index (χ1v) is 8.33. The molecule has 1 aromatic heterocycles. The van der Waals surface area contributed by atoms with Crippen molar-refractivity contribution in [1.29, 1.82) is 0 Å². The number of nitrogens with two attached hydrogens (primary N) is 1. The number of carbonyl (C=O) groups is 2. The van der Waals surface area contributed by atoms with Crippen molar-refractivity contribution in [3.8, 4) is 0 Å². The molecule has 2 heterocycles. The lowest BCUT2D eigenvalue weighted by Crippen LogP contribution is -2.49. The maximum atomic E-state index is 12.6. The van der Waals surface area contributed by atoms with E-state index in [1.807, 2.05) is 34.1 Å². The monoisotopic (exact) mass is 339 g/mol. The molecule has 0 aliphatic carbocycles. The molecule has 1 aliphatic heterocycles. The summed E-state index contributed by atoms with van der Waals surface area (Å²) in [5.74, 6) is 0.0497. The fourth-order valence-electron chi connectivity index (χ4n) is 2.83. The van der Waals surface area contributed by atoms with Gasteiger partial charge in [0.1, 0.15) is 11.5 Å². The fraction of sp³-hybridized carbons (Fsp3) is 0.333. The predicted octanol–water partition coefficient (Wildman–Crippen LogP) is 1.10. The van der Waals surface area contributed by atoms with Crippen molar-refractivity contribution in [2.45, 2.75) is 13.3 Å². The summed E-state index contributed by atoms with van der Waals surface area (Å²) in [4.78, 5) is 35.9. The molecule has 25 heavy (non-hydrogen) atoms. The Bertz CT molecular complexity index is 767. The number of primary amides is 1. The van der Waals surface area contributed by atoms with E-state index in [4.69, 9.17) is 5.73 Å². The maximum absolute atomic E-state index is 12.6. The Hall–Kier alpha value is -2.96. The van der Waals surface area contributed by atoms with Crippen LogP contribution in [-0.2, 0) is 6.42 Å². The number of aromatic nitrogens is 2. The third-order valence-electron chi connectivity index (χ3n) is 4.37. The Balaban J connectivity index is 1.64. The van der Waals surface area contributed by atoms with E-state index < -0.39 is 5.91 Å². The summed E-state index contributed by atoms with van der Waals surface area (Å²) in [5, 5.41) is 0. The number of carbonyl (C=O) groups excluding carboxylic acids is 2. The first kappa shape index (κ1) is 16.9. The number of rotatable bonds is 4. The molecule has 7 heteroatoms. The van der Waals surface area contributed by atoms with Crippen LogP contribution < -0.4 is 10.6 Å². The summed E-state index contributed by atoms with van der Waals surface area (Å²) in [6, 6.07) is 7.76. The highest BCUT2D eigenvalue weighted by molar-refractivity contribution is 5.94. The SMILES string of the molecule is CCc1ccc(C(=O)N2CCN(c3cncc(C(N)=O)n3)CC2)cc1. The summed E-state index contributed by atoms with van der Waals surface area (Å²) in [6.07, 6.45) is 3.91. The van der Waals surface area contributed by atoms with E-state index in [1.165, 1.54) is 11.8 Å². The van der Waals surface area contributed by atoms with Crippen LogP contribution in [0.1, 0.15) is 33.3 Å². The number of anilines is 1. The van der Waals surface area contributed by atoms with Crippen LogP contribution in [-0.4, -0.2) is 52.9 Å². The summed E-state index contributed by atoms with van der Waals surface area (Å²) < 4.78 is 0. The zero-order valence-corrected chi connectivity index (χ0v) is 14.2. The van der Waals surface area contributed by atoms with E-state index in [0.717, 1.165) is 6.42 Å². The van der Waals surface area contributed by atoms with Crippen LogP contribution >= 0.6 is 0 Å². The summed E-state index contributed by atoms with van der Waals surface area (Å²) >= 11 is 0.